The van der Waals surface area contributed by atoms with Gasteiger partial charge in [-0.05, 0) is 148 Å². The van der Waals surface area contributed by atoms with Gasteiger partial charge in [-0.1, -0.05) is 78.6 Å². The molecule has 14 rings (SSSR count). The molecule has 532 valence electrons. The van der Waals surface area contributed by atoms with Crippen molar-refractivity contribution in [1.29, 1.82) is 0 Å². The Kier molecular flexibility index (Phi) is 23.6. The molecule has 0 radical (unpaired) electrons. The minimum absolute atomic E-state index is 0.0172. The van der Waals surface area contributed by atoms with Crippen LogP contribution in [0.4, 0.5) is 0 Å². The second-order valence-electron chi connectivity index (χ2n) is 30.9. The molecule has 0 aliphatic carbocycles. The SMILES string of the molecule is C=C1CC(CCCO)O[C@H]1CCC1C[C@@H](C)C(=C)[C@@H](CC2O[C@H](C[C@H](C)CC)[C@H](CO)[C@H]2CS(=O)(=O)c2ccccc2)O1.C=C1CC2CC[C@@]34C[C@H]5O[C@H]6[C@@H](O3)[C@H]3OC(CC[C@@H]3O[C@H]6C5O4)CC(=O)C[C@H]3C(C[C@H]4OC(CC[C@@H]1O2)C[C@@H](C)C4=C)O[C@H](C[C@H](O)CN)[C@@H]3CO. The maximum atomic E-state index is 14.0. The van der Waals surface area contributed by atoms with Gasteiger partial charge in [0.25, 0.3) is 0 Å². The molecular weight excluding hydrogens is 1230 g/mol. The molecule has 95 heavy (non-hydrogen) atoms. The Morgan fingerprint density at radius 2 is 1.33 bits per heavy atom. The molecule has 0 aromatic heterocycles. The standard InChI is InChI=1S/C40H59NO11.C35H54O7S/c1-19-10-24-4-6-29-20(2)11-26(45-29)8-9-40-16-34-36(51-40)37-38(50-34)39(52-40)35-30(49-37)7-5-25(47-35)12-22(43)13-27-28(18-42)32(14-23(44)17-41)48-33(27)15-31(46-24)21(19)3;1-6-23(2)17-34-30(21-37)31(22-43(38,39)29-12-8-7-9-13-29)35(42-34)20-33-26(5)24(3)18-28(41-33)14-15-32-25(4)19-27(40-32)11-10-16-36/h19,23-39,42,44H,2-18,41H2,1H3;7-9,12-13,23-24,27-28,30-37H,4-6,10-11,14-22H2,1-3H3/t19-,23+,24?,25?,26?,27-,28-,29+,30+,31-,32-,33?,34-,35+,36?,37+,38-,39+,40+;23-,24-,27?,28?,30-,31-,32+,33-,34-,35?/m11/s1. The van der Waals surface area contributed by atoms with E-state index in [4.69, 9.17) is 62.9 Å². The van der Waals surface area contributed by atoms with E-state index in [1.807, 2.05) is 6.07 Å². The van der Waals surface area contributed by atoms with E-state index in [9.17, 15) is 28.5 Å². The monoisotopic (exact) mass is 1350 g/mol. The van der Waals surface area contributed by atoms with Gasteiger partial charge in [0, 0.05) is 89.1 Å². The molecule has 0 saturated carbocycles. The quantitative estimate of drug-likeness (QED) is 0.0810. The summed E-state index contributed by atoms with van der Waals surface area (Å²) in [7, 11) is -3.58. The molecule has 1 aromatic rings. The number of fused-ring (bicyclic) bond motifs is 6. The van der Waals surface area contributed by atoms with E-state index in [2.05, 4.69) is 54.0 Å². The lowest BCUT2D eigenvalue weighted by Gasteiger charge is -2.47. The lowest BCUT2D eigenvalue weighted by Crippen LogP contribution is -2.61. The van der Waals surface area contributed by atoms with Crippen molar-refractivity contribution in [3.05, 3.63) is 78.9 Å². The van der Waals surface area contributed by atoms with Crippen LogP contribution in [0, 0.1) is 41.4 Å². The van der Waals surface area contributed by atoms with Crippen molar-refractivity contribution >= 4 is 15.6 Å². The molecule has 1 aromatic carbocycles. The summed E-state index contributed by atoms with van der Waals surface area (Å²) in [6.07, 6.45) is 11.4. The molecule has 0 amide bonds. The van der Waals surface area contributed by atoms with Crippen LogP contribution in [0.15, 0.2) is 83.8 Å². The zero-order valence-corrected chi connectivity index (χ0v) is 57.8. The number of Topliss-reactive ketones (excluding diaryl/α,β-unsaturated/α-hetero) is 1. The van der Waals surface area contributed by atoms with E-state index in [-0.39, 0.29) is 202 Å². The topological polar surface area (TPSA) is 260 Å². The minimum Gasteiger partial charge on any atom is -0.396 e. The van der Waals surface area contributed by atoms with E-state index in [0.29, 0.717) is 49.3 Å². The van der Waals surface area contributed by atoms with Gasteiger partial charge in [-0.15, -0.1) is 0 Å². The summed E-state index contributed by atoms with van der Waals surface area (Å²) in [5.41, 5.74) is 10.1. The Balaban J connectivity index is 0.000000186. The predicted octanol–water partition coefficient (Wildman–Crippen LogP) is 8.93. The average Bonchev–Trinajstić information content (AvgIpc) is 1.55. The first kappa shape index (κ1) is 72.0. The zero-order chi connectivity index (χ0) is 67.0. The molecule has 13 heterocycles. The predicted molar refractivity (Wildman–Crippen MR) is 356 cm³/mol. The Labute approximate surface area is 564 Å². The number of nitrogens with two attached hydrogens (primary N) is 1. The van der Waals surface area contributed by atoms with Crippen molar-refractivity contribution in [2.24, 2.45) is 47.2 Å². The lowest BCUT2D eigenvalue weighted by molar-refractivity contribution is -0.292. The van der Waals surface area contributed by atoms with E-state index in [1.54, 1.807) is 24.3 Å². The highest BCUT2D eigenvalue weighted by Crippen LogP contribution is 2.55. The van der Waals surface area contributed by atoms with Gasteiger partial charge in [0.05, 0.1) is 108 Å². The van der Waals surface area contributed by atoms with Gasteiger partial charge in [0.1, 0.15) is 36.3 Å². The summed E-state index contributed by atoms with van der Waals surface area (Å²) in [4.78, 5) is 14.3. The number of ketones is 1. The summed E-state index contributed by atoms with van der Waals surface area (Å²) < 4.78 is 100. The summed E-state index contributed by atoms with van der Waals surface area (Å²) >= 11 is 0. The third-order valence-electron chi connectivity index (χ3n) is 24.3. The molecule has 6 N–H and O–H groups in total. The molecule has 12 bridgehead atoms. The van der Waals surface area contributed by atoms with Crippen molar-refractivity contribution in [1.82, 2.24) is 0 Å². The number of carbonyl (C=O) groups is 1. The van der Waals surface area contributed by atoms with Gasteiger partial charge in [0.2, 0.25) is 0 Å². The molecule has 13 fully saturated rings. The summed E-state index contributed by atoms with van der Waals surface area (Å²) in [6, 6.07) is 8.58. The van der Waals surface area contributed by atoms with Crippen LogP contribution >= 0.6 is 0 Å². The number of aliphatic hydroxyl groups is 4. The molecule has 20 heteroatoms. The maximum Gasteiger partial charge on any atom is 0.178 e. The van der Waals surface area contributed by atoms with Crippen LogP contribution in [-0.4, -0.2) is 201 Å². The number of carbonyl (C=O) groups excluding carboxylic acids is 1. The third-order valence-corrected chi connectivity index (χ3v) is 26.1. The van der Waals surface area contributed by atoms with Gasteiger partial charge in [0.15, 0.2) is 15.6 Å². The number of benzene rings is 1. The fraction of sp³-hybridized carbons (Fsp3) is 0.800. The number of hydrogen-bond donors (Lipinski definition) is 5. The zero-order valence-electron chi connectivity index (χ0n) is 57.0. The largest absolute Gasteiger partial charge is 0.396 e. The van der Waals surface area contributed by atoms with Gasteiger partial charge in [-0.3, -0.25) is 4.79 Å². The van der Waals surface area contributed by atoms with Crippen LogP contribution in [0.5, 0.6) is 0 Å². The van der Waals surface area contributed by atoms with Gasteiger partial charge in [-0.2, -0.15) is 0 Å². The molecule has 13 aliphatic rings. The Morgan fingerprint density at radius 1 is 0.621 bits per heavy atom. The van der Waals surface area contributed by atoms with Crippen LogP contribution in [0.25, 0.3) is 0 Å². The molecule has 13 aliphatic heterocycles. The van der Waals surface area contributed by atoms with Crippen LogP contribution < -0.4 is 5.73 Å². The molecule has 1 spiro atoms. The van der Waals surface area contributed by atoms with Crippen LogP contribution in [0.3, 0.4) is 0 Å². The van der Waals surface area contributed by atoms with Crippen molar-refractivity contribution in [2.45, 2.75) is 308 Å². The summed E-state index contributed by atoms with van der Waals surface area (Å²) in [5, 5.41) is 40.9. The highest BCUT2D eigenvalue weighted by atomic mass is 32.2. The number of aliphatic hydroxyl groups excluding tert-OH is 4. The van der Waals surface area contributed by atoms with Gasteiger partial charge >= 0.3 is 0 Å². The molecule has 13 saturated heterocycles. The van der Waals surface area contributed by atoms with E-state index in [0.717, 1.165) is 112 Å². The average molecular weight is 1350 g/mol. The summed E-state index contributed by atoms with van der Waals surface area (Å²) in [5.74, 6) is -1.02. The Bertz CT molecular complexity index is 2920. The molecule has 8 unspecified atom stereocenters. The fourth-order valence-electron chi connectivity index (χ4n) is 18.6. The second-order valence-corrected chi connectivity index (χ2v) is 32.9. The minimum atomic E-state index is -3.58. The third kappa shape index (κ3) is 16.1. The van der Waals surface area contributed by atoms with Crippen molar-refractivity contribution < 1.29 is 85.7 Å². The highest BCUT2D eigenvalue weighted by Gasteiger charge is 2.69. The first-order chi connectivity index (χ1) is 45.7. The van der Waals surface area contributed by atoms with Crippen LogP contribution in [0.1, 0.15) is 169 Å². The normalized spacial score (nSPS) is 44.1. The number of hydrogen-bond acceptors (Lipinski definition) is 19. The van der Waals surface area contributed by atoms with E-state index < -0.39 is 27.8 Å². The van der Waals surface area contributed by atoms with Crippen molar-refractivity contribution in [3.63, 3.8) is 0 Å². The number of ether oxygens (including phenoxy) is 11. The Hall–Kier alpha value is -2.84. The first-order valence-electron chi connectivity index (χ1n) is 36.6. The molecule has 19 nitrogen and oxygen atoms in total. The van der Waals surface area contributed by atoms with Gasteiger partial charge < -0.3 is 78.3 Å². The van der Waals surface area contributed by atoms with E-state index >= 15 is 0 Å². The number of rotatable bonds is 19. The smallest absolute Gasteiger partial charge is 0.178 e. The molecular formula is C75H113NO18S. The highest BCUT2D eigenvalue weighted by molar-refractivity contribution is 7.91. The van der Waals surface area contributed by atoms with Crippen molar-refractivity contribution in [2.75, 3.05) is 32.1 Å². The maximum absolute atomic E-state index is 14.0. The number of sulfone groups is 1. The van der Waals surface area contributed by atoms with Crippen molar-refractivity contribution in [3.8, 4) is 0 Å². The molecule has 29 atom stereocenters. The van der Waals surface area contributed by atoms with Gasteiger partial charge in [-0.25, -0.2) is 8.42 Å². The second kappa shape index (κ2) is 31.2. The Morgan fingerprint density at radius 3 is 2.08 bits per heavy atom. The summed E-state index contributed by atoms with van der Waals surface area (Å²) in [6.45, 7) is 26.3. The van der Waals surface area contributed by atoms with Crippen LogP contribution in [0.2, 0.25) is 0 Å². The lowest BCUT2D eigenvalue weighted by atomic mass is 9.78. The van der Waals surface area contributed by atoms with Crippen LogP contribution in [-0.2, 0) is 66.7 Å². The fourth-order valence-corrected chi connectivity index (χ4v) is 20.3. The van der Waals surface area contributed by atoms with E-state index in [1.165, 1.54) is 0 Å². The first-order valence-corrected chi connectivity index (χ1v) is 38.3.